The van der Waals surface area contributed by atoms with Gasteiger partial charge in [0, 0.05) is 36.7 Å². The van der Waals surface area contributed by atoms with E-state index in [1.54, 1.807) is 0 Å². The molecule has 2 saturated heterocycles. The van der Waals surface area contributed by atoms with Gasteiger partial charge in [-0.25, -0.2) is 8.42 Å². The average Bonchev–Trinajstić information content (AvgIpc) is 3.52. The molecule has 2 aliphatic heterocycles. The van der Waals surface area contributed by atoms with Crippen LogP contribution < -0.4 is 14.8 Å². The first-order chi connectivity index (χ1) is 16.0. The van der Waals surface area contributed by atoms with Crippen LogP contribution in [0.5, 0.6) is 5.75 Å². The number of nitrogens with zero attached hydrogens (tertiary/aromatic N) is 3. The van der Waals surface area contributed by atoms with E-state index in [9.17, 15) is 8.42 Å². The number of hydrogen-bond donors (Lipinski definition) is 1. The van der Waals surface area contributed by atoms with Crippen LogP contribution in [0.3, 0.4) is 0 Å². The first kappa shape index (κ1) is 22.1. The summed E-state index contributed by atoms with van der Waals surface area (Å²) in [6.45, 7) is 7.39. The molecule has 8 heteroatoms. The number of fused-ring (bicyclic) bond motifs is 1. The van der Waals surface area contributed by atoms with Gasteiger partial charge in [0.2, 0.25) is 10.0 Å². The predicted molar refractivity (Wildman–Crippen MR) is 134 cm³/mol. The molecule has 3 heterocycles. The van der Waals surface area contributed by atoms with Crippen LogP contribution in [0.1, 0.15) is 26.2 Å². The molecule has 2 fully saturated rings. The second-order valence-electron chi connectivity index (χ2n) is 8.87. The first-order valence-corrected chi connectivity index (χ1v) is 13.5. The van der Waals surface area contributed by atoms with Crippen LogP contribution in [-0.2, 0) is 16.6 Å². The molecule has 1 aromatic heterocycles. The van der Waals surface area contributed by atoms with E-state index in [1.165, 1.54) is 30.2 Å². The molecule has 5 rings (SSSR count). The molecule has 2 aromatic carbocycles. The second-order valence-corrected chi connectivity index (χ2v) is 10.9. The lowest BCUT2D eigenvalue weighted by atomic mass is 10.1. The lowest BCUT2D eigenvalue weighted by Crippen LogP contribution is -2.25. The Kier molecular flexibility index (Phi) is 5.97. The summed E-state index contributed by atoms with van der Waals surface area (Å²) in [5, 5.41) is 1.00. The van der Waals surface area contributed by atoms with Crippen LogP contribution in [0.25, 0.3) is 22.2 Å². The Morgan fingerprint density at radius 1 is 1.00 bits per heavy atom. The van der Waals surface area contributed by atoms with E-state index in [0.29, 0.717) is 25.3 Å². The molecule has 2 aliphatic rings. The van der Waals surface area contributed by atoms with E-state index in [4.69, 9.17) is 10.5 Å². The van der Waals surface area contributed by atoms with Crippen molar-refractivity contribution in [1.29, 1.82) is 0 Å². The molecule has 33 heavy (non-hydrogen) atoms. The Bertz CT molecular complexity index is 1240. The summed E-state index contributed by atoms with van der Waals surface area (Å²) >= 11 is 0. The Morgan fingerprint density at radius 3 is 2.42 bits per heavy atom. The van der Waals surface area contributed by atoms with Gasteiger partial charge in [-0.05, 0) is 63.5 Å². The van der Waals surface area contributed by atoms with Crippen LogP contribution in [-0.4, -0.2) is 56.4 Å². The number of nitrogen functional groups attached to an aromatic ring is 1. The zero-order valence-corrected chi connectivity index (χ0v) is 20.0. The highest BCUT2D eigenvalue weighted by Crippen LogP contribution is 2.38. The molecular weight excluding hydrogens is 436 g/mol. The van der Waals surface area contributed by atoms with Crippen molar-refractivity contribution >= 4 is 32.3 Å². The molecule has 0 unspecified atom stereocenters. The Labute approximate surface area is 195 Å². The fourth-order valence-electron chi connectivity index (χ4n) is 5.10. The summed E-state index contributed by atoms with van der Waals surface area (Å²) in [5.41, 5.74) is 11.0. The summed E-state index contributed by atoms with van der Waals surface area (Å²) < 4.78 is 34.3. The SMILES string of the molecule is CCn1c(-c2ccc(N3CCCS3(=O)=O)cc2)c(N)c2ccc(OCCN3CCCC3)cc21. The van der Waals surface area contributed by atoms with Gasteiger partial charge in [-0.2, -0.15) is 0 Å². The number of benzene rings is 2. The van der Waals surface area contributed by atoms with E-state index in [1.807, 2.05) is 36.4 Å². The third-order valence-corrected chi connectivity index (χ3v) is 8.66. The minimum atomic E-state index is -3.19. The molecule has 176 valence electrons. The van der Waals surface area contributed by atoms with E-state index < -0.39 is 10.0 Å². The lowest BCUT2D eigenvalue weighted by molar-refractivity contribution is 0.238. The number of anilines is 2. The minimum absolute atomic E-state index is 0.216. The van der Waals surface area contributed by atoms with Crippen molar-refractivity contribution in [3.05, 3.63) is 42.5 Å². The number of rotatable bonds is 7. The van der Waals surface area contributed by atoms with Crippen LogP contribution in [0.2, 0.25) is 0 Å². The molecule has 0 aliphatic carbocycles. The number of nitrogens with two attached hydrogens (primary N) is 1. The largest absolute Gasteiger partial charge is 0.492 e. The highest BCUT2D eigenvalue weighted by molar-refractivity contribution is 7.93. The van der Waals surface area contributed by atoms with E-state index in [-0.39, 0.29) is 5.75 Å². The molecule has 0 bridgehead atoms. The van der Waals surface area contributed by atoms with Crippen molar-refractivity contribution in [2.75, 3.05) is 48.6 Å². The maximum Gasteiger partial charge on any atom is 0.235 e. The molecule has 2 N–H and O–H groups in total. The van der Waals surface area contributed by atoms with Gasteiger partial charge in [0.15, 0.2) is 0 Å². The molecule has 7 nitrogen and oxygen atoms in total. The molecular formula is C25H32N4O3S. The maximum absolute atomic E-state index is 12.3. The van der Waals surface area contributed by atoms with Crippen LogP contribution in [0.15, 0.2) is 42.5 Å². The molecule has 3 aromatic rings. The third-order valence-electron chi connectivity index (χ3n) is 6.79. The molecule has 0 atom stereocenters. The Balaban J connectivity index is 1.42. The minimum Gasteiger partial charge on any atom is -0.492 e. The number of aryl methyl sites for hydroxylation is 1. The van der Waals surface area contributed by atoms with Crippen molar-refractivity contribution < 1.29 is 13.2 Å². The molecule has 0 spiro atoms. The lowest BCUT2D eigenvalue weighted by Gasteiger charge is -2.17. The molecule has 0 radical (unpaired) electrons. The predicted octanol–water partition coefficient (Wildman–Crippen LogP) is 3.92. The van der Waals surface area contributed by atoms with Gasteiger partial charge < -0.3 is 15.0 Å². The summed E-state index contributed by atoms with van der Waals surface area (Å²) in [5.74, 6) is 1.07. The van der Waals surface area contributed by atoms with Crippen molar-refractivity contribution in [1.82, 2.24) is 9.47 Å². The van der Waals surface area contributed by atoms with Gasteiger partial charge in [0.1, 0.15) is 12.4 Å². The standard InChI is InChI=1S/C25H32N4O3S/c1-2-28-23-18-21(32-16-15-27-12-3-4-13-27)10-11-22(23)24(26)25(28)19-6-8-20(9-7-19)29-14-5-17-33(29,30)31/h6-11,18H,2-5,12-17,26H2,1H3. The smallest absolute Gasteiger partial charge is 0.235 e. The topological polar surface area (TPSA) is 80.8 Å². The van der Waals surface area contributed by atoms with Crippen LogP contribution in [0.4, 0.5) is 11.4 Å². The van der Waals surface area contributed by atoms with Crippen LogP contribution in [0, 0.1) is 0 Å². The summed E-state index contributed by atoms with van der Waals surface area (Å²) in [6.07, 6.45) is 3.24. The second kappa shape index (κ2) is 8.91. The van der Waals surface area contributed by atoms with Crippen molar-refractivity contribution in [2.24, 2.45) is 0 Å². The van der Waals surface area contributed by atoms with Crippen molar-refractivity contribution in [3.63, 3.8) is 0 Å². The quantitative estimate of drug-likeness (QED) is 0.568. The molecule has 0 amide bonds. The Morgan fingerprint density at radius 2 is 1.76 bits per heavy atom. The fourth-order valence-corrected chi connectivity index (χ4v) is 6.66. The number of ether oxygens (including phenoxy) is 1. The summed E-state index contributed by atoms with van der Waals surface area (Å²) in [4.78, 5) is 2.44. The van der Waals surface area contributed by atoms with Gasteiger partial charge in [-0.3, -0.25) is 9.21 Å². The summed E-state index contributed by atoms with van der Waals surface area (Å²) in [6, 6.07) is 13.8. The van der Waals surface area contributed by atoms with Gasteiger partial charge in [-0.15, -0.1) is 0 Å². The number of aromatic nitrogens is 1. The van der Waals surface area contributed by atoms with Gasteiger partial charge in [-0.1, -0.05) is 12.1 Å². The number of sulfonamides is 1. The zero-order chi connectivity index (χ0) is 23.0. The van der Waals surface area contributed by atoms with E-state index in [2.05, 4.69) is 22.5 Å². The summed E-state index contributed by atoms with van der Waals surface area (Å²) in [7, 11) is -3.19. The molecule has 0 saturated carbocycles. The zero-order valence-electron chi connectivity index (χ0n) is 19.2. The monoisotopic (exact) mass is 468 g/mol. The third kappa shape index (κ3) is 4.17. The highest BCUT2D eigenvalue weighted by atomic mass is 32.2. The fraction of sp³-hybridized carbons (Fsp3) is 0.440. The van der Waals surface area contributed by atoms with E-state index >= 15 is 0 Å². The van der Waals surface area contributed by atoms with Crippen LogP contribution >= 0.6 is 0 Å². The van der Waals surface area contributed by atoms with Gasteiger partial charge >= 0.3 is 0 Å². The first-order valence-electron chi connectivity index (χ1n) is 11.9. The number of likely N-dealkylation sites (tertiary alicyclic amines) is 1. The average molecular weight is 469 g/mol. The maximum atomic E-state index is 12.3. The Hall–Kier alpha value is -2.71. The highest BCUT2D eigenvalue weighted by Gasteiger charge is 2.28. The normalized spacial score (nSPS) is 18.4. The number of hydrogen-bond acceptors (Lipinski definition) is 5. The van der Waals surface area contributed by atoms with Crippen molar-refractivity contribution in [3.8, 4) is 17.0 Å². The van der Waals surface area contributed by atoms with E-state index in [0.717, 1.165) is 46.7 Å². The van der Waals surface area contributed by atoms with Gasteiger partial charge in [0.25, 0.3) is 0 Å². The van der Waals surface area contributed by atoms with Gasteiger partial charge in [0.05, 0.1) is 28.3 Å². The van der Waals surface area contributed by atoms with Crippen molar-refractivity contribution in [2.45, 2.75) is 32.7 Å².